The Labute approximate surface area is 112 Å². The number of rotatable bonds is 6. The van der Waals surface area contributed by atoms with E-state index in [4.69, 9.17) is 5.84 Å². The van der Waals surface area contributed by atoms with E-state index in [9.17, 15) is 4.79 Å². The van der Waals surface area contributed by atoms with Gasteiger partial charge in [-0.05, 0) is 26.7 Å². The maximum Gasteiger partial charge on any atom is 0.223 e. The number of nitrogen functional groups attached to an aromatic ring is 1. The zero-order chi connectivity index (χ0) is 13.8. The zero-order valence-electron chi connectivity index (χ0n) is 11.3. The first-order chi connectivity index (χ1) is 9.11. The number of carbonyl (C=O) groups excluding carboxylic acids is 1. The Kier molecular flexibility index (Phi) is 4.16. The maximum atomic E-state index is 11.4. The highest BCUT2D eigenvalue weighted by atomic mass is 16.2. The Bertz CT molecular complexity index is 472. The summed E-state index contributed by atoms with van der Waals surface area (Å²) in [5.74, 6) is 7.79. The normalized spacial score (nSPS) is 14.1. The summed E-state index contributed by atoms with van der Waals surface area (Å²) in [6.07, 6.45) is 2.05. The Morgan fingerprint density at radius 2 is 1.95 bits per heavy atom. The van der Waals surface area contributed by atoms with Gasteiger partial charge in [0.15, 0.2) is 0 Å². The number of aryl methyl sites for hydroxylation is 1. The van der Waals surface area contributed by atoms with E-state index in [0.717, 1.165) is 24.2 Å². The quantitative estimate of drug-likeness (QED) is 0.335. The number of carbonyl (C=O) groups is 1. The third-order valence-corrected chi connectivity index (χ3v) is 3.06. The largest absolute Gasteiger partial charge is 0.368 e. The number of nitrogens with zero attached hydrogens (tertiary/aromatic N) is 2. The van der Waals surface area contributed by atoms with Crippen LogP contribution < -0.4 is 21.9 Å². The summed E-state index contributed by atoms with van der Waals surface area (Å²) in [5.41, 5.74) is 3.41. The van der Waals surface area contributed by atoms with Gasteiger partial charge in [-0.15, -0.1) is 0 Å². The third-order valence-electron chi connectivity index (χ3n) is 3.06. The molecule has 0 saturated heterocycles. The van der Waals surface area contributed by atoms with Crippen LogP contribution in [0.3, 0.4) is 0 Å². The first-order valence-corrected chi connectivity index (χ1v) is 6.45. The van der Waals surface area contributed by atoms with Crippen molar-refractivity contribution in [1.29, 1.82) is 0 Å². The van der Waals surface area contributed by atoms with Gasteiger partial charge in [0, 0.05) is 24.6 Å². The van der Waals surface area contributed by atoms with E-state index >= 15 is 0 Å². The van der Waals surface area contributed by atoms with E-state index in [1.54, 1.807) is 6.92 Å². The summed E-state index contributed by atoms with van der Waals surface area (Å²) < 4.78 is 0. The summed E-state index contributed by atoms with van der Waals surface area (Å²) in [6, 6.07) is 0. The molecule has 19 heavy (non-hydrogen) atoms. The van der Waals surface area contributed by atoms with E-state index in [-0.39, 0.29) is 11.8 Å². The van der Waals surface area contributed by atoms with Crippen LogP contribution in [0, 0.1) is 19.8 Å². The molecule has 2 rings (SSSR count). The summed E-state index contributed by atoms with van der Waals surface area (Å²) in [7, 11) is 0. The van der Waals surface area contributed by atoms with Crippen molar-refractivity contribution < 1.29 is 4.79 Å². The molecular formula is C12H20N6O. The molecule has 0 radical (unpaired) electrons. The first-order valence-electron chi connectivity index (χ1n) is 6.45. The lowest BCUT2D eigenvalue weighted by Gasteiger charge is -2.12. The number of nitrogens with one attached hydrogen (secondary N) is 3. The lowest BCUT2D eigenvalue weighted by Crippen LogP contribution is -2.30. The molecule has 0 bridgehead atoms. The minimum atomic E-state index is 0.154. The molecule has 1 aliphatic carbocycles. The minimum Gasteiger partial charge on any atom is -0.368 e. The van der Waals surface area contributed by atoms with Crippen molar-refractivity contribution in [3.8, 4) is 0 Å². The van der Waals surface area contributed by atoms with Gasteiger partial charge in [0.25, 0.3) is 0 Å². The van der Waals surface area contributed by atoms with Crippen molar-refractivity contribution in [2.45, 2.75) is 26.7 Å². The molecule has 0 aromatic carbocycles. The molecule has 1 fully saturated rings. The van der Waals surface area contributed by atoms with Gasteiger partial charge < -0.3 is 16.1 Å². The maximum absolute atomic E-state index is 11.4. The van der Waals surface area contributed by atoms with Crippen molar-refractivity contribution in [1.82, 2.24) is 15.3 Å². The van der Waals surface area contributed by atoms with Gasteiger partial charge in [-0.2, -0.15) is 0 Å². The molecule has 1 heterocycles. The Morgan fingerprint density at radius 3 is 2.58 bits per heavy atom. The van der Waals surface area contributed by atoms with E-state index in [2.05, 4.69) is 26.0 Å². The molecule has 7 heteroatoms. The van der Waals surface area contributed by atoms with Crippen molar-refractivity contribution in [2.24, 2.45) is 11.8 Å². The highest BCUT2D eigenvalue weighted by molar-refractivity contribution is 5.80. The molecule has 7 nitrogen and oxygen atoms in total. The summed E-state index contributed by atoms with van der Waals surface area (Å²) in [6.45, 7) is 4.91. The van der Waals surface area contributed by atoms with Crippen LogP contribution in [0.1, 0.15) is 24.2 Å². The van der Waals surface area contributed by atoms with Crippen LogP contribution in [0.15, 0.2) is 0 Å². The molecule has 104 valence electrons. The van der Waals surface area contributed by atoms with Crippen LogP contribution >= 0.6 is 0 Å². The molecule has 0 unspecified atom stereocenters. The van der Waals surface area contributed by atoms with Gasteiger partial charge in [-0.3, -0.25) is 4.79 Å². The predicted octanol–water partition coefficient (Wildman–Crippen LogP) is 0.317. The van der Waals surface area contributed by atoms with E-state index in [1.165, 1.54) is 0 Å². The molecule has 1 saturated carbocycles. The van der Waals surface area contributed by atoms with Crippen molar-refractivity contribution in [3.63, 3.8) is 0 Å². The third kappa shape index (κ3) is 3.54. The molecule has 1 aromatic heterocycles. The van der Waals surface area contributed by atoms with E-state index < -0.39 is 0 Å². The standard InChI is InChI=1S/C12H20N6O/c1-7-10(16-8(2)17-11(7)18-13)14-5-6-15-12(19)9-3-4-9/h9H,3-6,13H2,1-2H3,(H,15,19)(H2,14,16,17,18). The second kappa shape index (κ2) is 5.83. The zero-order valence-corrected chi connectivity index (χ0v) is 11.3. The average molecular weight is 264 g/mol. The molecule has 5 N–H and O–H groups in total. The van der Waals surface area contributed by atoms with Gasteiger partial charge in [-0.1, -0.05) is 0 Å². The smallest absolute Gasteiger partial charge is 0.223 e. The average Bonchev–Trinajstić information content (AvgIpc) is 3.22. The lowest BCUT2D eigenvalue weighted by atomic mass is 10.3. The Balaban J connectivity index is 1.84. The van der Waals surface area contributed by atoms with Gasteiger partial charge >= 0.3 is 0 Å². The highest BCUT2D eigenvalue weighted by Gasteiger charge is 2.28. The number of hydrogen-bond donors (Lipinski definition) is 4. The van der Waals surface area contributed by atoms with E-state index in [0.29, 0.717) is 24.7 Å². The lowest BCUT2D eigenvalue weighted by molar-refractivity contribution is -0.122. The Hall–Kier alpha value is -1.89. The van der Waals surface area contributed by atoms with Crippen molar-refractivity contribution >= 4 is 17.5 Å². The van der Waals surface area contributed by atoms with Gasteiger partial charge in [-0.25, -0.2) is 15.8 Å². The summed E-state index contributed by atoms with van der Waals surface area (Å²) >= 11 is 0. The Morgan fingerprint density at radius 1 is 1.26 bits per heavy atom. The number of anilines is 2. The van der Waals surface area contributed by atoms with Crippen molar-refractivity contribution in [3.05, 3.63) is 11.4 Å². The number of amides is 1. The minimum absolute atomic E-state index is 0.154. The van der Waals surface area contributed by atoms with Crippen LogP contribution in [-0.2, 0) is 4.79 Å². The second-order valence-electron chi connectivity index (χ2n) is 4.73. The topological polar surface area (TPSA) is 105 Å². The second-order valence-corrected chi connectivity index (χ2v) is 4.73. The van der Waals surface area contributed by atoms with Crippen LogP contribution in [0.25, 0.3) is 0 Å². The molecular weight excluding hydrogens is 244 g/mol. The monoisotopic (exact) mass is 264 g/mol. The van der Waals surface area contributed by atoms with Crippen LogP contribution in [0.5, 0.6) is 0 Å². The molecule has 1 aliphatic rings. The summed E-state index contributed by atoms with van der Waals surface area (Å²) in [4.78, 5) is 19.9. The number of hydrogen-bond acceptors (Lipinski definition) is 6. The van der Waals surface area contributed by atoms with Gasteiger partial charge in [0.05, 0.1) is 0 Å². The van der Waals surface area contributed by atoms with Crippen LogP contribution in [-0.4, -0.2) is 29.0 Å². The fourth-order valence-corrected chi connectivity index (χ4v) is 1.80. The summed E-state index contributed by atoms with van der Waals surface area (Å²) in [5, 5.41) is 6.07. The molecule has 1 aromatic rings. The molecule has 0 spiro atoms. The number of aromatic nitrogens is 2. The SMILES string of the molecule is Cc1nc(NN)c(C)c(NCCNC(=O)C2CC2)n1. The predicted molar refractivity (Wildman–Crippen MR) is 73.5 cm³/mol. The number of nitrogens with two attached hydrogens (primary N) is 1. The number of hydrazine groups is 1. The molecule has 0 atom stereocenters. The van der Waals surface area contributed by atoms with Crippen molar-refractivity contribution in [2.75, 3.05) is 23.8 Å². The fraction of sp³-hybridized carbons (Fsp3) is 0.583. The molecule has 0 aliphatic heterocycles. The van der Waals surface area contributed by atoms with Crippen LogP contribution in [0.4, 0.5) is 11.6 Å². The first kappa shape index (κ1) is 13.5. The molecule has 1 amide bonds. The van der Waals surface area contributed by atoms with E-state index in [1.807, 2.05) is 6.92 Å². The van der Waals surface area contributed by atoms with Gasteiger partial charge in [0.1, 0.15) is 17.5 Å². The van der Waals surface area contributed by atoms with Crippen LogP contribution in [0.2, 0.25) is 0 Å². The highest BCUT2D eigenvalue weighted by Crippen LogP contribution is 2.28. The fourth-order valence-electron chi connectivity index (χ4n) is 1.80. The van der Waals surface area contributed by atoms with Gasteiger partial charge in [0.2, 0.25) is 5.91 Å².